The van der Waals surface area contributed by atoms with Gasteiger partial charge in [-0.3, -0.25) is 4.79 Å². The number of carbonyl (C=O) groups excluding carboxylic acids is 4. The van der Waals surface area contributed by atoms with Crippen molar-refractivity contribution in [2.75, 3.05) is 13.4 Å². The van der Waals surface area contributed by atoms with Gasteiger partial charge in [0, 0.05) is 65.4 Å². The van der Waals surface area contributed by atoms with E-state index in [1.807, 2.05) is 0 Å². The Morgan fingerprint density at radius 1 is 0.929 bits per heavy atom. The average molecular weight is 559 g/mol. The molecule has 15 nitrogen and oxygen atoms in total. The van der Waals surface area contributed by atoms with Crippen LogP contribution in [0, 0.1) is 5.41 Å². The van der Waals surface area contributed by atoms with Gasteiger partial charge < -0.3 is 49.0 Å². The van der Waals surface area contributed by atoms with Crippen molar-refractivity contribution in [1.82, 2.24) is 0 Å². The Labute approximate surface area is 205 Å². The molecule has 2 radical (unpaired) electrons. The molecule has 0 heterocycles. The predicted molar refractivity (Wildman–Crippen MR) is 69.1 cm³/mol. The summed E-state index contributed by atoms with van der Waals surface area (Å²) in [4.78, 5) is 80.9. The van der Waals surface area contributed by atoms with E-state index in [4.69, 9.17) is 30.0 Å². The Balaban J connectivity index is -0.000000194. The van der Waals surface area contributed by atoms with E-state index in [1.54, 1.807) is 0 Å². The Bertz CT molecular complexity index is 512. The zero-order valence-corrected chi connectivity index (χ0v) is 19.1. The minimum absolute atomic E-state index is 0. The molecule has 0 saturated heterocycles. The van der Waals surface area contributed by atoms with Crippen LogP contribution in [0.5, 0.6) is 0 Å². The number of aliphatic hydroxyl groups excluding tert-OH is 1. The first-order chi connectivity index (χ1) is 12.2. The van der Waals surface area contributed by atoms with Crippen LogP contribution in [0.2, 0.25) is 0 Å². The second kappa shape index (κ2) is 23.2. The zero-order chi connectivity index (χ0) is 21.2. The van der Waals surface area contributed by atoms with Gasteiger partial charge in [0.1, 0.15) is 0 Å². The first-order valence-electron chi connectivity index (χ1n) is 5.43. The van der Waals surface area contributed by atoms with E-state index >= 15 is 0 Å². The molecule has 0 fully saturated rings. The number of hydrogen-bond donors (Lipinski definition) is 4. The van der Waals surface area contributed by atoms with Crippen LogP contribution in [0.3, 0.4) is 0 Å². The van der Waals surface area contributed by atoms with Gasteiger partial charge in [0.25, 0.3) is 6.47 Å². The molecule has 0 spiro atoms. The summed E-state index contributed by atoms with van der Waals surface area (Å²) in [6.07, 6.45) is 1.03. The van der Waals surface area contributed by atoms with Crippen LogP contribution in [0.1, 0.15) is 0 Å². The van der Waals surface area contributed by atoms with Crippen LogP contribution < -0.4 is 0 Å². The maximum absolute atomic E-state index is 11.4. The summed E-state index contributed by atoms with van der Waals surface area (Å²) in [5.41, 5.74) is -3.76. The minimum atomic E-state index is -3.76. The summed E-state index contributed by atoms with van der Waals surface area (Å²) in [6.45, 7) is -1.20. The number of hydrogen-bond acceptors (Lipinski definition) is 11. The third kappa shape index (κ3) is 13.4. The van der Waals surface area contributed by atoms with Gasteiger partial charge >= 0.3 is 29.3 Å². The molecule has 0 aromatic carbocycles. The quantitative estimate of drug-likeness (QED) is 0.0540. The van der Waals surface area contributed by atoms with Gasteiger partial charge in [0.2, 0.25) is 6.79 Å². The fourth-order valence-corrected chi connectivity index (χ4v) is 0.943. The molecule has 0 bridgehead atoms. The molecule has 152 valence electrons. The maximum atomic E-state index is 11.4. The second-order valence-electron chi connectivity index (χ2n) is 3.05. The van der Waals surface area contributed by atoms with Crippen LogP contribution in [0.25, 0.3) is 0 Å². The Morgan fingerprint density at radius 3 is 1.57 bits per heavy atom. The molecule has 0 aromatic rings. The van der Waals surface area contributed by atoms with Crippen molar-refractivity contribution >= 4 is 49.6 Å². The maximum Gasteiger partial charge on any atom is 0.355 e. The van der Waals surface area contributed by atoms with Gasteiger partial charge in [-0.15, -0.1) is 0 Å². The largest absolute Gasteiger partial charge is 0.665 e. The van der Waals surface area contributed by atoms with E-state index in [0.29, 0.717) is 6.47 Å². The van der Waals surface area contributed by atoms with Crippen LogP contribution >= 0.6 is 0 Å². The second-order valence-corrected chi connectivity index (χ2v) is 3.05. The third-order valence-corrected chi connectivity index (χ3v) is 1.82. The molecule has 28 heavy (non-hydrogen) atoms. The SMILES string of the molecule is O=CO.O=[C-]COC(=O)C(C(=O)O)(C(=O)O)C(=O)OCO[C-]=O.O=[C-]O.[Y].[Y]. The summed E-state index contributed by atoms with van der Waals surface area (Å²) < 4.78 is 11.7. The number of carboxylic acid groups (broad SMARTS) is 3. The Kier molecular flexibility index (Phi) is 30.7. The van der Waals surface area contributed by atoms with Gasteiger partial charge in [0.05, 0.1) is 0 Å². The molecule has 0 aliphatic carbocycles. The molecule has 0 aliphatic rings. The smallest absolute Gasteiger partial charge is 0.355 e. The van der Waals surface area contributed by atoms with E-state index < -0.39 is 42.7 Å². The van der Waals surface area contributed by atoms with Gasteiger partial charge in [-0.25, -0.2) is 25.5 Å². The monoisotopic (exact) mass is 559 g/mol. The minimum Gasteiger partial charge on any atom is -0.665 e. The fourth-order valence-electron chi connectivity index (χ4n) is 0.943. The molecule has 4 N–H and O–H groups in total. The molecular formula is C11H9O15Y2-3. The molecule has 0 saturated carbocycles. The van der Waals surface area contributed by atoms with E-state index in [0.717, 1.165) is 12.8 Å². The summed E-state index contributed by atoms with van der Waals surface area (Å²) in [7, 11) is 0. The molecular weight excluding hydrogens is 550 g/mol. The molecule has 0 rings (SSSR count). The van der Waals surface area contributed by atoms with E-state index in [9.17, 15) is 28.8 Å². The van der Waals surface area contributed by atoms with Crippen molar-refractivity contribution in [2.24, 2.45) is 5.41 Å². The fraction of sp³-hybridized carbons (Fsp3) is 0.273. The molecule has 0 aliphatic heterocycles. The van der Waals surface area contributed by atoms with Crippen molar-refractivity contribution < 1.29 is 138 Å². The molecule has 17 heteroatoms. The number of rotatable bonds is 9. The van der Waals surface area contributed by atoms with Gasteiger partial charge in [-0.05, 0) is 6.61 Å². The normalized spacial score (nSPS) is 8.00. The molecule has 0 aromatic heterocycles. The average Bonchev–Trinajstić information content (AvgIpc) is 2.54. The number of esters is 2. The Hall–Kier alpha value is -1.83. The van der Waals surface area contributed by atoms with Crippen LogP contribution in [-0.2, 0) is 118 Å². The molecule has 0 unspecified atom stereocenters. The van der Waals surface area contributed by atoms with Gasteiger partial charge in [0.15, 0.2) is 0 Å². The van der Waals surface area contributed by atoms with Gasteiger partial charge in [-0.2, -0.15) is 0 Å². The number of carboxylic acids is 2. The van der Waals surface area contributed by atoms with Crippen molar-refractivity contribution in [3.63, 3.8) is 0 Å². The standard InChI is InChI=1S/C9H6O11.CH2O2.CHO2.2Y/c10-1-2-19-7(16)9(5(12)13,6(14)15)8(17)20-4-18-3-11;2*2-1-3;;/h2,4H2,(H,12,13)(H,14,15);1H,(H,2,3);(H,2,3);;/q-2;;-1;;. The zero-order valence-electron chi connectivity index (χ0n) is 13.4. The van der Waals surface area contributed by atoms with E-state index in [1.165, 1.54) is 0 Å². The summed E-state index contributed by atoms with van der Waals surface area (Å²) in [6, 6.07) is 0. The summed E-state index contributed by atoms with van der Waals surface area (Å²) in [5, 5.41) is 31.2. The first kappa shape index (κ1) is 37.0. The van der Waals surface area contributed by atoms with Crippen LogP contribution in [0.4, 0.5) is 0 Å². The van der Waals surface area contributed by atoms with E-state index in [2.05, 4.69) is 14.2 Å². The number of carbonyl (C=O) groups is 5. The molecule has 0 amide bonds. The van der Waals surface area contributed by atoms with Crippen LogP contribution in [-0.4, -0.2) is 83.4 Å². The van der Waals surface area contributed by atoms with Crippen molar-refractivity contribution in [3.05, 3.63) is 0 Å². The molecule has 0 atom stereocenters. The first-order valence-corrected chi connectivity index (χ1v) is 5.43. The van der Waals surface area contributed by atoms with Crippen molar-refractivity contribution in [1.29, 1.82) is 0 Å². The number of ether oxygens (including phenoxy) is 3. The number of aliphatic carboxylic acids is 2. The van der Waals surface area contributed by atoms with Crippen molar-refractivity contribution in [3.8, 4) is 0 Å². The van der Waals surface area contributed by atoms with Crippen LogP contribution in [0.15, 0.2) is 0 Å². The van der Waals surface area contributed by atoms with E-state index in [-0.39, 0.29) is 71.9 Å². The topological polar surface area (TPSA) is 245 Å². The Morgan fingerprint density at radius 2 is 1.29 bits per heavy atom. The van der Waals surface area contributed by atoms with Gasteiger partial charge in [-0.1, -0.05) is 12.9 Å². The third-order valence-electron chi connectivity index (χ3n) is 1.82. The summed E-state index contributed by atoms with van der Waals surface area (Å²) in [5.74, 6) is -8.98. The summed E-state index contributed by atoms with van der Waals surface area (Å²) >= 11 is 0. The predicted octanol–water partition coefficient (Wildman–Crippen LogP) is -3.31. The van der Waals surface area contributed by atoms with Crippen molar-refractivity contribution in [2.45, 2.75) is 0 Å².